The zero-order valence-corrected chi connectivity index (χ0v) is 10.7. The van der Waals surface area contributed by atoms with Crippen molar-refractivity contribution in [2.45, 2.75) is 51.9 Å². The SMILES string of the molecule is CCCCCC(CCCCOC#N)COC#N. The largest absolute Gasteiger partial charge is 0.428 e. The highest BCUT2D eigenvalue weighted by molar-refractivity contribution is 4.62. The molecule has 0 aromatic rings. The third-order valence-electron chi connectivity index (χ3n) is 2.77. The maximum absolute atomic E-state index is 8.40. The lowest BCUT2D eigenvalue weighted by Gasteiger charge is -2.14. The van der Waals surface area contributed by atoms with Crippen LogP contribution in [0, 0.1) is 29.0 Å². The van der Waals surface area contributed by atoms with Crippen molar-refractivity contribution in [1.82, 2.24) is 0 Å². The topological polar surface area (TPSA) is 66.0 Å². The van der Waals surface area contributed by atoms with Gasteiger partial charge in [0.05, 0.1) is 0 Å². The van der Waals surface area contributed by atoms with E-state index in [1.165, 1.54) is 19.3 Å². The van der Waals surface area contributed by atoms with Crippen molar-refractivity contribution in [3.63, 3.8) is 0 Å². The maximum atomic E-state index is 8.40. The van der Waals surface area contributed by atoms with Crippen LogP contribution in [0.5, 0.6) is 0 Å². The van der Waals surface area contributed by atoms with Crippen molar-refractivity contribution in [3.8, 4) is 12.5 Å². The van der Waals surface area contributed by atoms with E-state index >= 15 is 0 Å². The lowest BCUT2D eigenvalue weighted by Crippen LogP contribution is -2.08. The number of ether oxygens (including phenoxy) is 2. The van der Waals surface area contributed by atoms with Gasteiger partial charge in [-0.25, -0.2) is 0 Å². The van der Waals surface area contributed by atoms with E-state index in [0.717, 1.165) is 25.7 Å². The highest BCUT2D eigenvalue weighted by Crippen LogP contribution is 2.17. The molecule has 0 radical (unpaired) electrons. The van der Waals surface area contributed by atoms with Crippen LogP contribution >= 0.6 is 0 Å². The van der Waals surface area contributed by atoms with Crippen LogP contribution in [0.2, 0.25) is 0 Å². The van der Waals surface area contributed by atoms with E-state index in [9.17, 15) is 0 Å². The van der Waals surface area contributed by atoms with Gasteiger partial charge in [-0.1, -0.05) is 26.2 Å². The summed E-state index contributed by atoms with van der Waals surface area (Å²) < 4.78 is 9.44. The van der Waals surface area contributed by atoms with E-state index in [1.807, 2.05) is 0 Å². The summed E-state index contributed by atoms with van der Waals surface area (Å²) in [7, 11) is 0. The van der Waals surface area contributed by atoms with E-state index in [-0.39, 0.29) is 0 Å². The zero-order chi connectivity index (χ0) is 12.8. The molecule has 0 fully saturated rings. The van der Waals surface area contributed by atoms with E-state index in [0.29, 0.717) is 19.1 Å². The number of nitrogens with zero attached hydrogens (tertiary/aromatic N) is 2. The van der Waals surface area contributed by atoms with Crippen molar-refractivity contribution in [2.75, 3.05) is 13.2 Å². The van der Waals surface area contributed by atoms with Gasteiger partial charge in [0.2, 0.25) is 0 Å². The van der Waals surface area contributed by atoms with E-state index < -0.39 is 0 Å². The summed E-state index contributed by atoms with van der Waals surface area (Å²) in [6, 6.07) is 0. The summed E-state index contributed by atoms with van der Waals surface area (Å²) in [4.78, 5) is 0. The van der Waals surface area contributed by atoms with Gasteiger partial charge < -0.3 is 9.47 Å². The van der Waals surface area contributed by atoms with Crippen LogP contribution < -0.4 is 0 Å². The Labute approximate surface area is 104 Å². The Morgan fingerprint density at radius 2 is 1.59 bits per heavy atom. The van der Waals surface area contributed by atoms with Crippen LogP contribution in [0.15, 0.2) is 0 Å². The normalized spacial score (nSPS) is 11.2. The number of hydrogen-bond donors (Lipinski definition) is 0. The molecule has 0 aromatic heterocycles. The molecule has 0 amide bonds. The second-order valence-corrected chi connectivity index (χ2v) is 4.20. The van der Waals surface area contributed by atoms with Crippen molar-refractivity contribution < 1.29 is 9.47 Å². The quantitative estimate of drug-likeness (QED) is 0.409. The third-order valence-corrected chi connectivity index (χ3v) is 2.77. The van der Waals surface area contributed by atoms with Crippen LogP contribution in [-0.4, -0.2) is 13.2 Å². The zero-order valence-electron chi connectivity index (χ0n) is 10.7. The Kier molecular flexibility index (Phi) is 11.6. The van der Waals surface area contributed by atoms with Crippen molar-refractivity contribution in [1.29, 1.82) is 10.5 Å². The first-order valence-electron chi connectivity index (χ1n) is 6.36. The molecule has 96 valence electrons. The molecule has 0 aromatic carbocycles. The summed E-state index contributed by atoms with van der Waals surface area (Å²) in [6.45, 7) is 3.20. The lowest BCUT2D eigenvalue weighted by molar-refractivity contribution is 0.187. The standard InChI is InChI=1S/C13H22N2O2/c1-2-3-4-7-13(10-17-12-15)8-5-6-9-16-11-14/h13H,2-10H2,1H3. The lowest BCUT2D eigenvalue weighted by atomic mass is 9.96. The van der Waals surface area contributed by atoms with E-state index in [2.05, 4.69) is 11.7 Å². The first-order valence-corrected chi connectivity index (χ1v) is 6.36. The average Bonchev–Trinajstić information content (AvgIpc) is 2.35. The van der Waals surface area contributed by atoms with Crippen molar-refractivity contribution in [2.24, 2.45) is 5.92 Å². The second-order valence-electron chi connectivity index (χ2n) is 4.20. The molecular weight excluding hydrogens is 216 g/mol. The summed E-state index contributed by atoms with van der Waals surface area (Å²) in [6.07, 6.45) is 11.1. The van der Waals surface area contributed by atoms with Crippen LogP contribution in [-0.2, 0) is 9.47 Å². The van der Waals surface area contributed by atoms with E-state index in [4.69, 9.17) is 15.3 Å². The first-order chi connectivity index (χ1) is 8.35. The maximum Gasteiger partial charge on any atom is 0.286 e. The molecule has 0 saturated carbocycles. The molecule has 0 spiro atoms. The monoisotopic (exact) mass is 238 g/mol. The molecule has 1 atom stereocenters. The van der Waals surface area contributed by atoms with Gasteiger partial charge in [0, 0.05) is 0 Å². The fourth-order valence-corrected chi connectivity index (χ4v) is 1.80. The van der Waals surface area contributed by atoms with Gasteiger partial charge >= 0.3 is 0 Å². The third kappa shape index (κ3) is 10.9. The minimum atomic E-state index is 0.461. The molecule has 1 unspecified atom stereocenters. The predicted octanol–water partition coefficient (Wildman–Crippen LogP) is 3.35. The Bertz CT molecular complexity index is 243. The predicted molar refractivity (Wildman–Crippen MR) is 64.6 cm³/mol. The van der Waals surface area contributed by atoms with Crippen LogP contribution in [0.1, 0.15) is 51.9 Å². The number of nitriles is 2. The van der Waals surface area contributed by atoms with Gasteiger partial charge in [0.1, 0.15) is 13.2 Å². The van der Waals surface area contributed by atoms with Gasteiger partial charge in [-0.05, 0) is 31.6 Å². The number of rotatable bonds is 11. The number of unbranched alkanes of at least 4 members (excludes halogenated alkanes) is 3. The smallest absolute Gasteiger partial charge is 0.286 e. The summed E-state index contributed by atoms with van der Waals surface area (Å²) in [5, 5.41) is 16.6. The van der Waals surface area contributed by atoms with Gasteiger partial charge in [0.15, 0.2) is 0 Å². The first kappa shape index (κ1) is 15.6. The van der Waals surface area contributed by atoms with Crippen LogP contribution in [0.25, 0.3) is 0 Å². The highest BCUT2D eigenvalue weighted by atomic mass is 16.5. The van der Waals surface area contributed by atoms with Crippen molar-refractivity contribution in [3.05, 3.63) is 0 Å². The molecule has 4 heteroatoms. The molecule has 0 N–H and O–H groups in total. The highest BCUT2D eigenvalue weighted by Gasteiger charge is 2.09. The molecule has 0 aliphatic rings. The molecule has 0 heterocycles. The minimum Gasteiger partial charge on any atom is -0.428 e. The van der Waals surface area contributed by atoms with Crippen LogP contribution in [0.4, 0.5) is 0 Å². The van der Waals surface area contributed by atoms with Crippen molar-refractivity contribution >= 4 is 0 Å². The summed E-state index contributed by atoms with van der Waals surface area (Å²) in [5.41, 5.74) is 0. The van der Waals surface area contributed by atoms with Gasteiger partial charge in [-0.3, -0.25) is 0 Å². The Morgan fingerprint density at radius 3 is 2.18 bits per heavy atom. The Morgan fingerprint density at radius 1 is 0.941 bits per heavy atom. The second kappa shape index (κ2) is 12.6. The van der Waals surface area contributed by atoms with Crippen LogP contribution in [0.3, 0.4) is 0 Å². The molecule has 17 heavy (non-hydrogen) atoms. The molecule has 0 aliphatic heterocycles. The number of hydrogen-bond acceptors (Lipinski definition) is 4. The fourth-order valence-electron chi connectivity index (χ4n) is 1.80. The molecule has 0 bridgehead atoms. The minimum absolute atomic E-state index is 0.461. The molecular formula is C13H22N2O2. The fraction of sp³-hybridized carbons (Fsp3) is 0.846. The molecule has 4 nitrogen and oxygen atoms in total. The Balaban J connectivity index is 3.62. The van der Waals surface area contributed by atoms with E-state index in [1.54, 1.807) is 12.5 Å². The average molecular weight is 238 g/mol. The Hall–Kier alpha value is -1.42. The molecule has 0 saturated heterocycles. The van der Waals surface area contributed by atoms with Gasteiger partial charge in [0.25, 0.3) is 12.5 Å². The summed E-state index contributed by atoms with van der Waals surface area (Å²) >= 11 is 0. The van der Waals surface area contributed by atoms with Gasteiger partial charge in [-0.15, -0.1) is 0 Å². The summed E-state index contributed by atoms with van der Waals surface area (Å²) in [5.74, 6) is 0.461. The van der Waals surface area contributed by atoms with Gasteiger partial charge in [-0.2, -0.15) is 10.5 Å². The molecule has 0 rings (SSSR count). The molecule has 0 aliphatic carbocycles.